The highest BCUT2D eigenvalue weighted by Crippen LogP contribution is 2.46. The maximum atomic E-state index is 13.3. The van der Waals surface area contributed by atoms with Crippen molar-refractivity contribution in [3.63, 3.8) is 0 Å². The monoisotopic (exact) mass is 339 g/mol. The molecular formula is C19H25N5O. The molecule has 0 aromatic carbocycles. The van der Waals surface area contributed by atoms with Crippen molar-refractivity contribution in [3.8, 4) is 0 Å². The number of rotatable bonds is 4. The third kappa shape index (κ3) is 2.74. The van der Waals surface area contributed by atoms with Crippen molar-refractivity contribution in [2.24, 2.45) is 5.41 Å². The Kier molecular flexibility index (Phi) is 4.07. The average molecular weight is 339 g/mol. The Morgan fingerprint density at radius 1 is 1.44 bits per heavy atom. The molecule has 4 rings (SSSR count). The predicted molar refractivity (Wildman–Crippen MR) is 94.9 cm³/mol. The Morgan fingerprint density at radius 3 is 3.04 bits per heavy atom. The first-order chi connectivity index (χ1) is 12.1. The van der Waals surface area contributed by atoms with Crippen LogP contribution in [0.5, 0.6) is 0 Å². The van der Waals surface area contributed by atoms with Gasteiger partial charge in [-0.2, -0.15) is 0 Å². The van der Waals surface area contributed by atoms with Crippen LogP contribution in [0.1, 0.15) is 43.5 Å². The molecule has 1 amide bonds. The summed E-state index contributed by atoms with van der Waals surface area (Å²) in [6.07, 6.45) is 8.49. The molecule has 2 aromatic rings. The van der Waals surface area contributed by atoms with E-state index in [9.17, 15) is 4.79 Å². The molecule has 0 radical (unpaired) electrons. The Morgan fingerprint density at radius 2 is 2.32 bits per heavy atom. The van der Waals surface area contributed by atoms with E-state index in [2.05, 4.69) is 39.9 Å². The molecule has 1 spiro atoms. The lowest BCUT2D eigenvalue weighted by Gasteiger charge is -2.28. The number of carbonyl (C=O) groups is 1. The van der Waals surface area contributed by atoms with E-state index in [1.54, 1.807) is 6.20 Å². The second-order valence-corrected chi connectivity index (χ2v) is 7.52. The molecule has 1 N–H and O–H groups in total. The van der Waals surface area contributed by atoms with E-state index < -0.39 is 0 Å². The van der Waals surface area contributed by atoms with Crippen molar-refractivity contribution in [2.75, 3.05) is 19.6 Å². The van der Waals surface area contributed by atoms with Gasteiger partial charge in [0.1, 0.15) is 0 Å². The number of hydrogen-bond donors (Lipinski definition) is 1. The van der Waals surface area contributed by atoms with Crippen LogP contribution in [0.4, 0.5) is 0 Å². The summed E-state index contributed by atoms with van der Waals surface area (Å²) in [6.45, 7) is 7.30. The number of hydrogen-bond acceptors (Lipinski definition) is 4. The van der Waals surface area contributed by atoms with Gasteiger partial charge in [-0.05, 0) is 31.9 Å². The number of likely N-dealkylation sites (tertiary alicyclic amines) is 1. The number of carbonyl (C=O) groups excluding carboxylic acids is 1. The summed E-state index contributed by atoms with van der Waals surface area (Å²) < 4.78 is 2.12. The summed E-state index contributed by atoms with van der Waals surface area (Å²) in [6, 6.07) is 4.33. The fourth-order valence-electron chi connectivity index (χ4n) is 4.17. The van der Waals surface area contributed by atoms with E-state index in [1.165, 1.54) is 0 Å². The molecule has 0 saturated carbocycles. The molecule has 0 bridgehead atoms. The summed E-state index contributed by atoms with van der Waals surface area (Å²) >= 11 is 0. The zero-order chi connectivity index (χ0) is 17.4. The molecule has 2 saturated heterocycles. The fourth-order valence-corrected chi connectivity index (χ4v) is 4.17. The number of nitrogens with zero attached hydrogens (tertiary/aromatic N) is 4. The van der Waals surface area contributed by atoms with Crippen LogP contribution in [0.3, 0.4) is 0 Å². The van der Waals surface area contributed by atoms with Gasteiger partial charge < -0.3 is 14.8 Å². The first-order valence-corrected chi connectivity index (χ1v) is 9.02. The van der Waals surface area contributed by atoms with Gasteiger partial charge in [0, 0.05) is 56.7 Å². The highest BCUT2D eigenvalue weighted by molar-refractivity contribution is 5.86. The molecule has 132 valence electrons. The van der Waals surface area contributed by atoms with Crippen LogP contribution in [-0.2, 0) is 11.3 Å². The second-order valence-electron chi connectivity index (χ2n) is 7.52. The van der Waals surface area contributed by atoms with Gasteiger partial charge in [-0.1, -0.05) is 6.07 Å². The van der Waals surface area contributed by atoms with Crippen molar-refractivity contribution >= 4 is 5.91 Å². The van der Waals surface area contributed by atoms with Gasteiger partial charge in [-0.3, -0.25) is 9.78 Å². The van der Waals surface area contributed by atoms with Crippen molar-refractivity contribution in [3.05, 3.63) is 48.3 Å². The quantitative estimate of drug-likeness (QED) is 0.925. The van der Waals surface area contributed by atoms with E-state index in [0.717, 1.165) is 37.3 Å². The summed E-state index contributed by atoms with van der Waals surface area (Å²) in [7, 11) is 0. The van der Waals surface area contributed by atoms with Crippen LogP contribution in [0.15, 0.2) is 37.1 Å². The minimum absolute atomic E-state index is 0.152. The maximum absolute atomic E-state index is 13.3. The van der Waals surface area contributed by atoms with E-state index >= 15 is 0 Å². The van der Waals surface area contributed by atoms with Crippen LogP contribution in [-0.4, -0.2) is 45.0 Å². The fraction of sp³-hybridized carbons (Fsp3) is 0.526. The average Bonchev–Trinajstić information content (AvgIpc) is 3.32. The third-order valence-electron chi connectivity index (χ3n) is 5.67. The number of nitrogens with one attached hydrogen (secondary N) is 1. The standard InChI is InChI=1S/C19H25N5O/c1-14(2)24-11-17(22-13-24)16-9-21-12-19(16)5-7-23(18(19)25)10-15-4-3-6-20-8-15/h3-4,6,8,11,13-14,16,21H,5,7,9-10,12H2,1-2H3/t16-,19-/m1/s1. The van der Waals surface area contributed by atoms with Gasteiger partial charge in [0.15, 0.2) is 0 Å². The molecule has 2 aliphatic rings. The van der Waals surface area contributed by atoms with E-state index in [1.807, 2.05) is 29.6 Å². The molecule has 2 aromatic heterocycles. The summed E-state index contributed by atoms with van der Waals surface area (Å²) in [5.74, 6) is 0.407. The Hall–Kier alpha value is -2.21. The van der Waals surface area contributed by atoms with Crippen LogP contribution in [0.25, 0.3) is 0 Å². The summed E-state index contributed by atoms with van der Waals surface area (Å²) in [5.41, 5.74) is 1.77. The molecule has 4 heterocycles. The minimum Gasteiger partial charge on any atom is -0.338 e. The molecule has 2 fully saturated rings. The van der Waals surface area contributed by atoms with Crippen molar-refractivity contribution in [2.45, 2.75) is 38.8 Å². The predicted octanol–water partition coefficient (Wildman–Crippen LogP) is 1.96. The lowest BCUT2D eigenvalue weighted by Crippen LogP contribution is -2.39. The smallest absolute Gasteiger partial charge is 0.231 e. The second kappa shape index (κ2) is 6.26. The van der Waals surface area contributed by atoms with Gasteiger partial charge in [-0.25, -0.2) is 4.98 Å². The minimum atomic E-state index is -0.349. The Labute approximate surface area is 148 Å². The third-order valence-corrected chi connectivity index (χ3v) is 5.67. The topological polar surface area (TPSA) is 63.1 Å². The van der Waals surface area contributed by atoms with E-state index in [-0.39, 0.29) is 17.2 Å². The molecule has 25 heavy (non-hydrogen) atoms. The van der Waals surface area contributed by atoms with Gasteiger partial charge >= 0.3 is 0 Å². The molecular weight excluding hydrogens is 314 g/mol. The molecule has 6 heteroatoms. The van der Waals surface area contributed by atoms with Gasteiger partial charge in [0.05, 0.1) is 17.4 Å². The number of imidazole rings is 1. The van der Waals surface area contributed by atoms with Gasteiger partial charge in [0.25, 0.3) is 0 Å². The first-order valence-electron chi connectivity index (χ1n) is 9.02. The highest BCUT2D eigenvalue weighted by Gasteiger charge is 2.55. The molecule has 2 atom stereocenters. The van der Waals surface area contributed by atoms with Crippen LogP contribution < -0.4 is 5.32 Å². The molecule has 0 unspecified atom stereocenters. The number of pyridine rings is 1. The van der Waals surface area contributed by atoms with Crippen LogP contribution in [0, 0.1) is 5.41 Å². The van der Waals surface area contributed by atoms with E-state index in [4.69, 9.17) is 0 Å². The normalized spacial score (nSPS) is 26.3. The zero-order valence-electron chi connectivity index (χ0n) is 14.9. The lowest BCUT2D eigenvalue weighted by molar-refractivity contribution is -0.136. The van der Waals surface area contributed by atoms with Crippen molar-refractivity contribution < 1.29 is 4.79 Å². The SMILES string of the molecule is CC(C)n1cnc([C@H]2CNC[C@]23CCN(Cc2cccnc2)C3=O)c1. The highest BCUT2D eigenvalue weighted by atomic mass is 16.2. The zero-order valence-corrected chi connectivity index (χ0v) is 14.9. The summed E-state index contributed by atoms with van der Waals surface area (Å²) in [5, 5.41) is 3.45. The van der Waals surface area contributed by atoms with Crippen molar-refractivity contribution in [1.82, 2.24) is 24.8 Å². The Bertz CT molecular complexity index is 756. The van der Waals surface area contributed by atoms with Crippen molar-refractivity contribution in [1.29, 1.82) is 0 Å². The number of amides is 1. The number of aromatic nitrogens is 3. The molecule has 6 nitrogen and oxygen atoms in total. The van der Waals surface area contributed by atoms with Gasteiger partial charge in [-0.15, -0.1) is 0 Å². The lowest BCUT2D eigenvalue weighted by atomic mass is 9.75. The first kappa shape index (κ1) is 16.3. The molecule has 2 aliphatic heterocycles. The van der Waals surface area contributed by atoms with Crippen LogP contribution >= 0.6 is 0 Å². The summed E-state index contributed by atoms with van der Waals surface area (Å²) in [4.78, 5) is 24.1. The van der Waals surface area contributed by atoms with Crippen LogP contribution in [0.2, 0.25) is 0 Å². The molecule has 0 aliphatic carbocycles. The maximum Gasteiger partial charge on any atom is 0.231 e. The van der Waals surface area contributed by atoms with E-state index in [0.29, 0.717) is 12.6 Å². The Balaban J connectivity index is 1.57. The largest absolute Gasteiger partial charge is 0.338 e. The van der Waals surface area contributed by atoms with Gasteiger partial charge in [0.2, 0.25) is 5.91 Å².